The van der Waals surface area contributed by atoms with Gasteiger partial charge in [0.1, 0.15) is 11.6 Å². The van der Waals surface area contributed by atoms with Crippen molar-refractivity contribution < 1.29 is 8.78 Å². The van der Waals surface area contributed by atoms with Crippen molar-refractivity contribution in [2.45, 2.75) is 26.9 Å². The molecule has 0 N–H and O–H groups in total. The van der Waals surface area contributed by atoms with E-state index in [2.05, 4.69) is 4.98 Å². The van der Waals surface area contributed by atoms with Crippen molar-refractivity contribution in [3.63, 3.8) is 0 Å². The summed E-state index contributed by atoms with van der Waals surface area (Å²) in [6, 6.07) is 8.37. The molecule has 2 aromatic heterocycles. The zero-order chi connectivity index (χ0) is 18.8. The molecule has 0 unspecified atom stereocenters. The summed E-state index contributed by atoms with van der Waals surface area (Å²) in [4.78, 5) is 29.1. The Kier molecular flexibility index (Phi) is 4.79. The van der Waals surface area contributed by atoms with E-state index < -0.39 is 22.9 Å². The average Bonchev–Trinajstić information content (AvgIpc) is 2.56. The van der Waals surface area contributed by atoms with Gasteiger partial charge in [-0.25, -0.2) is 13.6 Å². The molecule has 0 saturated carbocycles. The van der Waals surface area contributed by atoms with Crippen LogP contribution in [0.4, 0.5) is 8.78 Å². The highest BCUT2D eigenvalue weighted by atomic mass is 19.1. The van der Waals surface area contributed by atoms with Crippen LogP contribution in [0.1, 0.15) is 22.5 Å². The fraction of sp³-hybridized carbons (Fsp3) is 0.211. The van der Waals surface area contributed by atoms with E-state index in [1.807, 2.05) is 19.9 Å². The van der Waals surface area contributed by atoms with Gasteiger partial charge in [-0.1, -0.05) is 6.07 Å². The Labute approximate surface area is 148 Å². The molecule has 7 heteroatoms. The average molecular weight is 357 g/mol. The van der Waals surface area contributed by atoms with Gasteiger partial charge < -0.3 is 0 Å². The molecule has 0 amide bonds. The van der Waals surface area contributed by atoms with Gasteiger partial charge in [0.15, 0.2) is 0 Å². The first-order chi connectivity index (χ1) is 12.3. The number of hydrogen-bond donors (Lipinski definition) is 0. The first-order valence-electron chi connectivity index (χ1n) is 8.02. The van der Waals surface area contributed by atoms with E-state index in [1.165, 1.54) is 18.3 Å². The molecule has 0 aliphatic heterocycles. The molecule has 2 heterocycles. The second-order valence-corrected chi connectivity index (χ2v) is 6.13. The smallest absolute Gasteiger partial charge is 0.296 e. The number of rotatable bonds is 4. The Morgan fingerprint density at radius 1 is 1.00 bits per heavy atom. The predicted octanol–water partition coefficient (Wildman–Crippen LogP) is 2.40. The molecule has 5 nitrogen and oxygen atoms in total. The van der Waals surface area contributed by atoms with E-state index in [4.69, 9.17) is 0 Å². The Bertz CT molecular complexity index is 1050. The van der Waals surface area contributed by atoms with Crippen LogP contribution in [-0.4, -0.2) is 14.1 Å². The Hall–Kier alpha value is -3.09. The molecule has 0 saturated heterocycles. The number of hydrogen-bond acceptors (Lipinski definition) is 3. The van der Waals surface area contributed by atoms with Crippen LogP contribution in [0.15, 0.2) is 52.2 Å². The maximum absolute atomic E-state index is 13.8. The van der Waals surface area contributed by atoms with Crippen LogP contribution in [-0.2, 0) is 13.1 Å². The van der Waals surface area contributed by atoms with Crippen molar-refractivity contribution in [1.82, 2.24) is 14.1 Å². The predicted molar refractivity (Wildman–Crippen MR) is 93.2 cm³/mol. The second kappa shape index (κ2) is 7.03. The minimum atomic E-state index is -0.745. The molecule has 0 aliphatic carbocycles. The third-order valence-corrected chi connectivity index (χ3v) is 4.00. The van der Waals surface area contributed by atoms with Gasteiger partial charge in [-0.15, -0.1) is 0 Å². The van der Waals surface area contributed by atoms with E-state index in [9.17, 15) is 18.4 Å². The number of pyridine rings is 1. The molecule has 26 heavy (non-hydrogen) atoms. The number of nitrogens with zero attached hydrogens (tertiary/aromatic N) is 3. The van der Waals surface area contributed by atoms with Crippen LogP contribution >= 0.6 is 0 Å². The summed E-state index contributed by atoms with van der Waals surface area (Å²) in [5, 5.41) is 0. The van der Waals surface area contributed by atoms with Gasteiger partial charge in [-0.3, -0.25) is 18.9 Å². The highest BCUT2D eigenvalue weighted by Gasteiger charge is 2.13. The van der Waals surface area contributed by atoms with Crippen molar-refractivity contribution >= 4 is 0 Å². The fourth-order valence-electron chi connectivity index (χ4n) is 2.84. The van der Waals surface area contributed by atoms with E-state index >= 15 is 0 Å². The van der Waals surface area contributed by atoms with Gasteiger partial charge in [-0.2, -0.15) is 0 Å². The van der Waals surface area contributed by atoms with Gasteiger partial charge in [-0.05, 0) is 43.7 Å². The third-order valence-electron chi connectivity index (χ3n) is 4.00. The van der Waals surface area contributed by atoms with Gasteiger partial charge in [0.05, 0.1) is 18.8 Å². The van der Waals surface area contributed by atoms with Gasteiger partial charge in [0.2, 0.25) is 0 Å². The van der Waals surface area contributed by atoms with E-state index in [0.717, 1.165) is 32.5 Å². The first kappa shape index (κ1) is 17.7. The van der Waals surface area contributed by atoms with Gasteiger partial charge in [0.25, 0.3) is 5.56 Å². The largest absolute Gasteiger partial charge is 0.331 e. The molecule has 1 aromatic carbocycles. The molecule has 0 spiro atoms. The van der Waals surface area contributed by atoms with Crippen LogP contribution in [0.25, 0.3) is 0 Å². The lowest BCUT2D eigenvalue weighted by molar-refractivity contribution is 0.528. The fourth-order valence-corrected chi connectivity index (χ4v) is 2.84. The first-order valence-corrected chi connectivity index (χ1v) is 8.02. The molecule has 0 bridgehead atoms. The Balaban J connectivity index is 2.02. The van der Waals surface area contributed by atoms with E-state index in [0.29, 0.717) is 5.69 Å². The Morgan fingerprint density at radius 2 is 1.69 bits per heavy atom. The molecule has 0 aliphatic rings. The van der Waals surface area contributed by atoms with Crippen LogP contribution in [0, 0.1) is 25.5 Å². The maximum Gasteiger partial charge on any atom is 0.331 e. The van der Waals surface area contributed by atoms with Crippen molar-refractivity contribution in [1.29, 1.82) is 0 Å². The standard InChI is InChI=1S/C19H17F2N3O2/c1-12-8-13(2)22-14(9-12)10-24-18(25)6-7-23(19(24)26)11-15-16(20)4-3-5-17(15)21/h3-9H,10-11H2,1-2H3. The monoisotopic (exact) mass is 357 g/mol. The topological polar surface area (TPSA) is 56.9 Å². The summed E-state index contributed by atoms with van der Waals surface area (Å²) < 4.78 is 29.8. The summed E-state index contributed by atoms with van der Waals surface area (Å²) in [7, 11) is 0. The zero-order valence-electron chi connectivity index (χ0n) is 14.4. The quantitative estimate of drug-likeness (QED) is 0.720. The molecule has 134 valence electrons. The van der Waals surface area contributed by atoms with Crippen molar-refractivity contribution in [3.05, 3.63) is 97.6 Å². The van der Waals surface area contributed by atoms with Crippen molar-refractivity contribution in [3.8, 4) is 0 Å². The van der Waals surface area contributed by atoms with Crippen LogP contribution < -0.4 is 11.2 Å². The summed E-state index contributed by atoms with van der Waals surface area (Å²) in [6.45, 7) is 3.40. The van der Waals surface area contributed by atoms with E-state index in [-0.39, 0.29) is 18.7 Å². The minimum Gasteiger partial charge on any atom is -0.296 e. The highest BCUT2D eigenvalue weighted by molar-refractivity contribution is 5.21. The van der Waals surface area contributed by atoms with Gasteiger partial charge >= 0.3 is 5.69 Å². The number of benzene rings is 1. The van der Waals surface area contributed by atoms with Crippen LogP contribution in [0.2, 0.25) is 0 Å². The van der Waals surface area contributed by atoms with Crippen molar-refractivity contribution in [2.75, 3.05) is 0 Å². The van der Waals surface area contributed by atoms with Crippen LogP contribution in [0.3, 0.4) is 0 Å². The molecular formula is C19H17F2N3O2. The number of aryl methyl sites for hydroxylation is 2. The normalized spacial score (nSPS) is 10.9. The minimum absolute atomic E-state index is 0.0131. The maximum atomic E-state index is 13.8. The number of halogens is 2. The molecular weight excluding hydrogens is 340 g/mol. The van der Waals surface area contributed by atoms with Gasteiger partial charge in [0, 0.05) is 23.5 Å². The summed E-state index contributed by atoms with van der Waals surface area (Å²) in [5.74, 6) is -1.49. The molecule has 3 aromatic rings. The lowest BCUT2D eigenvalue weighted by atomic mass is 10.2. The zero-order valence-corrected chi connectivity index (χ0v) is 14.4. The van der Waals surface area contributed by atoms with Crippen LogP contribution in [0.5, 0.6) is 0 Å². The van der Waals surface area contributed by atoms with E-state index in [1.54, 1.807) is 6.07 Å². The lowest BCUT2D eigenvalue weighted by Crippen LogP contribution is -2.39. The summed E-state index contributed by atoms with van der Waals surface area (Å²) in [5.41, 5.74) is 0.922. The highest BCUT2D eigenvalue weighted by Crippen LogP contribution is 2.12. The third kappa shape index (κ3) is 3.61. The Morgan fingerprint density at radius 3 is 2.35 bits per heavy atom. The molecule has 0 fully saturated rings. The molecule has 0 atom stereocenters. The molecule has 3 rings (SSSR count). The SMILES string of the molecule is Cc1cc(C)nc(Cn2c(=O)ccn(Cc3c(F)cccc3F)c2=O)c1. The van der Waals surface area contributed by atoms with Crippen molar-refractivity contribution in [2.24, 2.45) is 0 Å². The lowest BCUT2D eigenvalue weighted by Gasteiger charge is -2.11. The molecule has 0 radical (unpaired) electrons. The number of aromatic nitrogens is 3. The second-order valence-electron chi connectivity index (χ2n) is 6.13. The summed E-state index contributed by atoms with van der Waals surface area (Å²) in [6.07, 6.45) is 1.24. The summed E-state index contributed by atoms with van der Waals surface area (Å²) >= 11 is 0.